The fraction of sp³-hybridized carbons (Fsp3) is 0.150. The van der Waals surface area contributed by atoms with Crippen LogP contribution in [0.25, 0.3) is 21.6 Å². The second kappa shape index (κ2) is 7.20. The number of hydrogen-bond donors (Lipinski definition) is 1. The fourth-order valence-electron chi connectivity index (χ4n) is 2.78. The lowest BCUT2D eigenvalue weighted by Gasteiger charge is -2.12. The van der Waals surface area contributed by atoms with Gasteiger partial charge in [-0.05, 0) is 25.1 Å². The maximum atomic E-state index is 5.36. The van der Waals surface area contributed by atoms with E-state index >= 15 is 0 Å². The van der Waals surface area contributed by atoms with Gasteiger partial charge in [0.05, 0.1) is 19.6 Å². The molecule has 0 atom stereocenters. The molecular formula is C20H18N4O2S. The van der Waals surface area contributed by atoms with Crippen molar-refractivity contribution < 1.29 is 9.47 Å². The minimum atomic E-state index is 0.634. The van der Waals surface area contributed by atoms with E-state index in [2.05, 4.69) is 23.3 Å². The second-order valence-electron chi connectivity index (χ2n) is 5.94. The number of aryl methyl sites for hydroxylation is 1. The van der Waals surface area contributed by atoms with Crippen LogP contribution in [0, 0.1) is 6.92 Å². The number of nitrogens with one attached hydrogen (secondary N) is 1. The van der Waals surface area contributed by atoms with Crippen LogP contribution in [-0.2, 0) is 0 Å². The van der Waals surface area contributed by atoms with Gasteiger partial charge in [-0.3, -0.25) is 4.98 Å². The summed E-state index contributed by atoms with van der Waals surface area (Å²) in [4.78, 5) is 15.7. The van der Waals surface area contributed by atoms with Crippen molar-refractivity contribution in [2.75, 3.05) is 19.5 Å². The quantitative estimate of drug-likeness (QED) is 0.537. The van der Waals surface area contributed by atoms with E-state index < -0.39 is 0 Å². The number of rotatable bonds is 5. The van der Waals surface area contributed by atoms with E-state index in [0.717, 1.165) is 27.3 Å². The third-order valence-electron chi connectivity index (χ3n) is 4.05. The van der Waals surface area contributed by atoms with Crippen LogP contribution >= 0.6 is 11.3 Å². The highest BCUT2D eigenvalue weighted by atomic mass is 32.1. The number of methoxy groups -OCH3 is 2. The smallest absolute Gasteiger partial charge is 0.164 e. The van der Waals surface area contributed by atoms with Gasteiger partial charge in [-0.2, -0.15) is 0 Å². The molecule has 4 rings (SSSR count). The molecule has 6 nitrogen and oxygen atoms in total. The van der Waals surface area contributed by atoms with Gasteiger partial charge in [0.15, 0.2) is 5.82 Å². The van der Waals surface area contributed by atoms with Gasteiger partial charge in [0.2, 0.25) is 0 Å². The standard InChI is InChI=1S/C20H18N4O2S/c1-12-7-17-19(22-14-8-15(25-2)10-16(9-14)26-3)23-18(24-20(17)27-12)13-5-4-6-21-11-13/h4-11H,1-3H3,(H,22,23,24). The van der Waals surface area contributed by atoms with Crippen molar-refractivity contribution in [3.63, 3.8) is 0 Å². The van der Waals surface area contributed by atoms with Crippen molar-refractivity contribution in [1.29, 1.82) is 0 Å². The molecule has 7 heteroatoms. The van der Waals surface area contributed by atoms with E-state index in [9.17, 15) is 0 Å². The number of hydrogen-bond acceptors (Lipinski definition) is 7. The van der Waals surface area contributed by atoms with Crippen LogP contribution in [0.3, 0.4) is 0 Å². The molecule has 0 saturated carbocycles. The number of benzene rings is 1. The molecular weight excluding hydrogens is 360 g/mol. The first kappa shape index (κ1) is 17.2. The lowest BCUT2D eigenvalue weighted by Crippen LogP contribution is -1.99. The van der Waals surface area contributed by atoms with Crippen molar-refractivity contribution >= 4 is 33.1 Å². The van der Waals surface area contributed by atoms with E-state index in [0.29, 0.717) is 17.3 Å². The Morgan fingerprint density at radius 3 is 2.44 bits per heavy atom. The topological polar surface area (TPSA) is 69.2 Å². The minimum Gasteiger partial charge on any atom is -0.497 e. The van der Waals surface area contributed by atoms with E-state index in [4.69, 9.17) is 19.4 Å². The molecule has 0 aliphatic heterocycles. The number of nitrogens with zero attached hydrogens (tertiary/aromatic N) is 3. The molecule has 0 unspecified atom stereocenters. The fourth-order valence-corrected chi connectivity index (χ4v) is 3.66. The normalized spacial score (nSPS) is 10.8. The molecule has 0 aliphatic carbocycles. The molecule has 0 spiro atoms. The van der Waals surface area contributed by atoms with E-state index in [-0.39, 0.29) is 0 Å². The number of aromatic nitrogens is 3. The molecule has 1 aromatic carbocycles. The molecule has 1 N–H and O–H groups in total. The monoisotopic (exact) mass is 378 g/mol. The first-order valence-electron chi connectivity index (χ1n) is 8.35. The Balaban J connectivity index is 1.83. The van der Waals surface area contributed by atoms with Gasteiger partial charge in [0, 0.05) is 46.7 Å². The molecule has 136 valence electrons. The van der Waals surface area contributed by atoms with Crippen LogP contribution in [0.5, 0.6) is 11.5 Å². The molecule has 0 fully saturated rings. The maximum absolute atomic E-state index is 5.36. The molecule has 0 aliphatic rings. The van der Waals surface area contributed by atoms with Crippen molar-refractivity contribution in [1.82, 2.24) is 15.0 Å². The molecule has 27 heavy (non-hydrogen) atoms. The van der Waals surface area contributed by atoms with Crippen molar-refractivity contribution in [3.8, 4) is 22.9 Å². The summed E-state index contributed by atoms with van der Waals surface area (Å²) >= 11 is 1.64. The number of ether oxygens (including phenoxy) is 2. The summed E-state index contributed by atoms with van der Waals surface area (Å²) in [5.41, 5.74) is 1.70. The summed E-state index contributed by atoms with van der Waals surface area (Å²) in [6, 6.07) is 11.6. The highest BCUT2D eigenvalue weighted by Crippen LogP contribution is 2.34. The van der Waals surface area contributed by atoms with Crippen molar-refractivity contribution in [2.45, 2.75) is 6.92 Å². The molecule has 3 heterocycles. The summed E-state index contributed by atoms with van der Waals surface area (Å²) in [6.45, 7) is 2.06. The Morgan fingerprint density at radius 1 is 1.00 bits per heavy atom. The SMILES string of the molecule is COc1cc(Nc2nc(-c3cccnc3)nc3sc(C)cc23)cc(OC)c1. The van der Waals surface area contributed by atoms with Gasteiger partial charge in [0.25, 0.3) is 0 Å². The predicted octanol–water partition coefficient (Wildman–Crippen LogP) is 4.82. The van der Waals surface area contributed by atoms with Crippen molar-refractivity contribution in [2.24, 2.45) is 0 Å². The Hall–Kier alpha value is -3.19. The third kappa shape index (κ3) is 3.54. The molecule has 0 radical (unpaired) electrons. The summed E-state index contributed by atoms with van der Waals surface area (Å²) in [5.74, 6) is 2.78. The van der Waals surface area contributed by atoms with Gasteiger partial charge in [0.1, 0.15) is 22.1 Å². The van der Waals surface area contributed by atoms with Crippen LogP contribution in [0.2, 0.25) is 0 Å². The lowest BCUT2D eigenvalue weighted by molar-refractivity contribution is 0.395. The van der Waals surface area contributed by atoms with Crippen LogP contribution in [0.1, 0.15) is 4.88 Å². The number of thiophene rings is 1. The minimum absolute atomic E-state index is 0.634. The summed E-state index contributed by atoms with van der Waals surface area (Å²) in [7, 11) is 3.26. The van der Waals surface area contributed by atoms with Crippen LogP contribution in [0.15, 0.2) is 48.8 Å². The average molecular weight is 378 g/mol. The number of fused-ring (bicyclic) bond motifs is 1. The number of pyridine rings is 1. The zero-order chi connectivity index (χ0) is 18.8. The lowest BCUT2D eigenvalue weighted by atomic mass is 10.2. The maximum Gasteiger partial charge on any atom is 0.164 e. The Kier molecular flexibility index (Phi) is 4.60. The summed E-state index contributed by atoms with van der Waals surface area (Å²) < 4.78 is 10.7. The van der Waals surface area contributed by atoms with Gasteiger partial charge in [-0.1, -0.05) is 0 Å². The largest absolute Gasteiger partial charge is 0.497 e. The van der Waals surface area contributed by atoms with Gasteiger partial charge in [-0.25, -0.2) is 9.97 Å². The van der Waals surface area contributed by atoms with Crippen LogP contribution < -0.4 is 14.8 Å². The van der Waals surface area contributed by atoms with Gasteiger partial charge >= 0.3 is 0 Å². The molecule has 4 aromatic rings. The third-order valence-corrected chi connectivity index (χ3v) is 4.99. The molecule has 0 bridgehead atoms. The average Bonchev–Trinajstić information content (AvgIpc) is 3.08. The van der Waals surface area contributed by atoms with Gasteiger partial charge < -0.3 is 14.8 Å². The molecule has 3 aromatic heterocycles. The van der Waals surface area contributed by atoms with Crippen LogP contribution in [0.4, 0.5) is 11.5 Å². The predicted molar refractivity (Wildman–Crippen MR) is 108 cm³/mol. The zero-order valence-corrected chi connectivity index (χ0v) is 16.0. The summed E-state index contributed by atoms with van der Waals surface area (Å²) in [6.07, 6.45) is 3.50. The molecule has 0 saturated heterocycles. The summed E-state index contributed by atoms with van der Waals surface area (Å²) in [5, 5.41) is 4.37. The van der Waals surface area contributed by atoms with Crippen molar-refractivity contribution in [3.05, 3.63) is 53.7 Å². The Morgan fingerprint density at radius 2 is 1.78 bits per heavy atom. The molecule has 0 amide bonds. The Labute approximate surface area is 160 Å². The van der Waals surface area contributed by atoms with E-state index in [1.165, 1.54) is 4.88 Å². The first-order valence-corrected chi connectivity index (χ1v) is 9.16. The highest BCUT2D eigenvalue weighted by molar-refractivity contribution is 7.18. The highest BCUT2D eigenvalue weighted by Gasteiger charge is 2.13. The first-order chi connectivity index (χ1) is 13.2. The zero-order valence-electron chi connectivity index (χ0n) is 15.2. The number of anilines is 2. The van der Waals surface area contributed by atoms with E-state index in [1.807, 2.05) is 30.3 Å². The van der Waals surface area contributed by atoms with Gasteiger partial charge in [-0.15, -0.1) is 11.3 Å². The van der Waals surface area contributed by atoms with E-state index in [1.54, 1.807) is 38.0 Å². The Bertz CT molecular complexity index is 1070. The van der Waals surface area contributed by atoms with Crippen LogP contribution in [-0.4, -0.2) is 29.2 Å². The second-order valence-corrected chi connectivity index (χ2v) is 7.17.